The fourth-order valence-electron chi connectivity index (χ4n) is 4.02. The fourth-order valence-corrected chi connectivity index (χ4v) is 12.1. The van der Waals surface area contributed by atoms with Crippen LogP contribution in [0.1, 0.15) is 81.6 Å². The van der Waals surface area contributed by atoms with Gasteiger partial charge in [0.25, 0.3) is 14.3 Å². The average Bonchev–Trinajstić information content (AvgIpc) is 2.66. The molecule has 0 bridgehead atoms. The maximum Gasteiger partial charge on any atom is 0.501 e. The molecule has 0 spiro atoms. The molecule has 0 aromatic carbocycles. The lowest BCUT2D eigenvalue weighted by atomic mass is 10.2. The van der Waals surface area contributed by atoms with E-state index < -0.39 is 17.1 Å². The molecule has 3 atom stereocenters. The Morgan fingerprint density at radius 1 is 0.786 bits per heavy atom. The van der Waals surface area contributed by atoms with Crippen molar-refractivity contribution >= 4 is 23.1 Å². The first-order valence-electron chi connectivity index (χ1n) is 11.4. The first-order chi connectivity index (χ1) is 13.2. The summed E-state index contributed by atoms with van der Waals surface area (Å²) in [6.45, 7) is 20.4. The van der Waals surface area contributed by atoms with Crippen LogP contribution in [0.5, 0.6) is 0 Å². The Hall–Kier alpha value is -0.216. The van der Waals surface area contributed by atoms with Gasteiger partial charge in [0.1, 0.15) is 0 Å². The topological polar surface area (TPSA) is 54.0 Å². The Bertz CT molecular complexity index is 406. The van der Waals surface area contributed by atoms with Gasteiger partial charge in [0.05, 0.1) is 5.92 Å². The van der Waals surface area contributed by atoms with Gasteiger partial charge < -0.3 is 17.7 Å². The molecule has 168 valence electrons. The zero-order valence-corrected chi connectivity index (χ0v) is 21.9. The summed E-state index contributed by atoms with van der Waals surface area (Å²) in [5.74, 6) is -0.398. The Kier molecular flexibility index (Phi) is 13.8. The highest BCUT2D eigenvalue weighted by Crippen LogP contribution is 2.42. The van der Waals surface area contributed by atoms with Crippen LogP contribution in [0.4, 0.5) is 0 Å². The van der Waals surface area contributed by atoms with Crippen molar-refractivity contribution in [3.8, 4) is 0 Å². The Balaban J connectivity index is 5.58. The normalized spacial score (nSPS) is 17.6. The summed E-state index contributed by atoms with van der Waals surface area (Å²) in [7, 11) is -5.09. The van der Waals surface area contributed by atoms with E-state index >= 15 is 0 Å². The van der Waals surface area contributed by atoms with Crippen molar-refractivity contribution < 1.29 is 22.5 Å². The molecule has 0 saturated carbocycles. The molecular weight excluding hydrogens is 388 g/mol. The second-order valence-corrected chi connectivity index (χ2v) is 15.1. The van der Waals surface area contributed by atoms with Crippen LogP contribution >= 0.6 is 0 Å². The van der Waals surface area contributed by atoms with E-state index in [4.69, 9.17) is 17.7 Å². The van der Waals surface area contributed by atoms with Crippen LogP contribution in [0.2, 0.25) is 23.2 Å². The fraction of sp³-hybridized carbons (Fsp3) is 0.952. The van der Waals surface area contributed by atoms with E-state index in [0.29, 0.717) is 36.9 Å². The molecule has 0 radical (unpaired) electrons. The molecule has 28 heavy (non-hydrogen) atoms. The number of carbonyl (C=O) groups is 1. The van der Waals surface area contributed by atoms with Gasteiger partial charge in [-0.25, -0.2) is 0 Å². The van der Waals surface area contributed by atoms with Crippen LogP contribution < -0.4 is 0 Å². The number of hydrogen-bond acceptors (Lipinski definition) is 5. The van der Waals surface area contributed by atoms with Crippen LogP contribution in [-0.2, 0) is 22.5 Å². The van der Waals surface area contributed by atoms with E-state index in [1.807, 2.05) is 27.7 Å². The maximum atomic E-state index is 13.2. The third kappa shape index (κ3) is 7.56. The highest BCUT2D eigenvalue weighted by molar-refractivity contribution is 6.77. The molecule has 0 aliphatic heterocycles. The zero-order chi connectivity index (χ0) is 21.8. The smallest absolute Gasteiger partial charge is 0.501 e. The van der Waals surface area contributed by atoms with Gasteiger partial charge in [-0.2, -0.15) is 0 Å². The molecule has 0 aliphatic rings. The van der Waals surface area contributed by atoms with Crippen molar-refractivity contribution in [2.75, 3.05) is 19.8 Å². The van der Waals surface area contributed by atoms with E-state index in [1.165, 1.54) is 0 Å². The lowest BCUT2D eigenvalue weighted by Gasteiger charge is -2.41. The van der Waals surface area contributed by atoms with Crippen molar-refractivity contribution in [3.63, 3.8) is 0 Å². The van der Waals surface area contributed by atoms with Gasteiger partial charge >= 0.3 is 8.80 Å². The molecule has 0 N–H and O–H groups in total. The van der Waals surface area contributed by atoms with Gasteiger partial charge in [-0.05, 0) is 37.9 Å². The van der Waals surface area contributed by atoms with Crippen molar-refractivity contribution in [3.05, 3.63) is 0 Å². The van der Waals surface area contributed by atoms with Crippen molar-refractivity contribution in [2.45, 2.75) is 105 Å². The summed E-state index contributed by atoms with van der Waals surface area (Å²) in [6.07, 6.45) is 3.15. The molecule has 0 rings (SSSR count). The summed E-state index contributed by atoms with van der Waals surface area (Å²) in [4.78, 5) is 13.2. The van der Waals surface area contributed by atoms with Gasteiger partial charge in [-0.3, -0.25) is 4.79 Å². The number of carbonyl (C=O) groups excluding carboxylic acids is 1. The van der Waals surface area contributed by atoms with Gasteiger partial charge in [0, 0.05) is 25.9 Å². The summed E-state index contributed by atoms with van der Waals surface area (Å²) in [5.41, 5.74) is 0.900. The lowest BCUT2D eigenvalue weighted by molar-refractivity contribution is -0.139. The van der Waals surface area contributed by atoms with Gasteiger partial charge in [-0.15, -0.1) is 0 Å². The van der Waals surface area contributed by atoms with Gasteiger partial charge in [0.15, 0.2) is 0 Å². The number of hydrogen-bond donors (Lipinski definition) is 0. The number of rotatable bonds is 16. The largest absolute Gasteiger partial charge is 0.518 e. The van der Waals surface area contributed by atoms with E-state index in [0.717, 1.165) is 25.3 Å². The van der Waals surface area contributed by atoms with Crippen LogP contribution in [0, 0.1) is 5.92 Å². The molecule has 0 aromatic rings. The minimum atomic E-state index is -2.87. The molecule has 7 heteroatoms. The third-order valence-electron chi connectivity index (χ3n) is 5.88. The first-order valence-corrected chi connectivity index (χ1v) is 15.6. The molecular formula is C21H46O5Si2. The minimum absolute atomic E-state index is 0.100. The van der Waals surface area contributed by atoms with Crippen molar-refractivity contribution in [1.82, 2.24) is 0 Å². The van der Waals surface area contributed by atoms with Crippen LogP contribution in [0.15, 0.2) is 0 Å². The second kappa shape index (κ2) is 13.9. The quantitative estimate of drug-likeness (QED) is 0.272. The summed E-state index contributed by atoms with van der Waals surface area (Å²) >= 11 is 0. The summed E-state index contributed by atoms with van der Waals surface area (Å²) in [6, 6.07) is 1.50. The predicted molar refractivity (Wildman–Crippen MR) is 121 cm³/mol. The van der Waals surface area contributed by atoms with E-state index in [9.17, 15) is 4.79 Å². The molecule has 0 saturated heterocycles. The van der Waals surface area contributed by atoms with E-state index in [2.05, 4.69) is 34.6 Å². The molecule has 0 aliphatic carbocycles. The molecule has 3 unspecified atom stereocenters. The first kappa shape index (κ1) is 27.8. The molecule has 0 fully saturated rings. The van der Waals surface area contributed by atoms with Crippen LogP contribution in [0.25, 0.3) is 0 Å². The summed E-state index contributed by atoms with van der Waals surface area (Å²) < 4.78 is 24.3. The second-order valence-electron chi connectivity index (χ2n) is 7.83. The minimum Gasteiger partial charge on any atom is -0.518 e. The Morgan fingerprint density at radius 2 is 1.21 bits per heavy atom. The van der Waals surface area contributed by atoms with Crippen molar-refractivity contribution in [2.24, 2.45) is 5.92 Å². The predicted octanol–water partition coefficient (Wildman–Crippen LogP) is 6.17. The molecule has 0 aromatic heterocycles. The SMILES string of the molecule is CCC[Si](OC(=O)C(C)C[Si](OCC)(OCC)OCC)(C(C)CC)C(C)CC. The maximum absolute atomic E-state index is 13.2. The molecule has 5 nitrogen and oxygen atoms in total. The third-order valence-corrected chi connectivity index (χ3v) is 15.2. The van der Waals surface area contributed by atoms with E-state index in [-0.39, 0.29) is 11.9 Å². The average molecular weight is 435 g/mol. The zero-order valence-electron chi connectivity index (χ0n) is 19.9. The molecule has 0 heterocycles. The highest BCUT2D eigenvalue weighted by atomic mass is 28.4. The lowest BCUT2D eigenvalue weighted by Crippen LogP contribution is -2.51. The van der Waals surface area contributed by atoms with Crippen molar-refractivity contribution in [1.29, 1.82) is 0 Å². The van der Waals surface area contributed by atoms with Crippen LogP contribution in [-0.4, -0.2) is 42.9 Å². The Labute approximate surface area is 176 Å². The van der Waals surface area contributed by atoms with Gasteiger partial charge in [-0.1, -0.05) is 60.8 Å². The van der Waals surface area contributed by atoms with E-state index in [1.54, 1.807) is 0 Å². The Morgan fingerprint density at radius 3 is 1.54 bits per heavy atom. The van der Waals surface area contributed by atoms with Crippen LogP contribution in [0.3, 0.4) is 0 Å². The molecule has 0 amide bonds. The van der Waals surface area contributed by atoms with Gasteiger partial charge in [0.2, 0.25) is 0 Å². The standard InChI is InChI=1S/C21H46O5Si2/c1-10-16-27(19(8)11-2,20(9)12-3)26-21(22)18(7)17-28(23-13-4,24-14-5)25-15-6/h18-20H,10-17H2,1-9H3. The summed E-state index contributed by atoms with van der Waals surface area (Å²) in [5, 5.41) is 0. The monoisotopic (exact) mass is 434 g/mol. The highest BCUT2D eigenvalue weighted by Gasteiger charge is 2.49.